The number of nitrogens with two attached hydrogens (primary N) is 1. The molecule has 2 aromatic carbocycles. The van der Waals surface area contributed by atoms with Crippen LogP contribution in [-0.4, -0.2) is 40.5 Å². The fraction of sp³-hybridized carbons (Fsp3) is 0.429. The SMILES string of the molecule is COc1cc(N2CC[C@H](N)[C@H](c3ccccc3C)C2)cc(OC)c1OC.Cl. The van der Waals surface area contributed by atoms with E-state index in [-0.39, 0.29) is 18.4 Å². The quantitative estimate of drug-likeness (QED) is 0.839. The van der Waals surface area contributed by atoms with Gasteiger partial charge in [0.1, 0.15) is 0 Å². The van der Waals surface area contributed by atoms with Crippen LogP contribution in [0.5, 0.6) is 17.2 Å². The molecule has 6 heteroatoms. The van der Waals surface area contributed by atoms with Gasteiger partial charge in [-0.15, -0.1) is 12.4 Å². The molecular weight excluding hydrogens is 364 g/mol. The van der Waals surface area contributed by atoms with Crippen molar-refractivity contribution in [1.29, 1.82) is 0 Å². The minimum Gasteiger partial charge on any atom is -0.493 e. The predicted octanol–water partition coefficient (Wildman–Crippen LogP) is 3.76. The van der Waals surface area contributed by atoms with Gasteiger partial charge in [-0.05, 0) is 24.5 Å². The number of hydrogen-bond acceptors (Lipinski definition) is 5. The summed E-state index contributed by atoms with van der Waals surface area (Å²) in [5.74, 6) is 2.25. The highest BCUT2D eigenvalue weighted by atomic mass is 35.5. The van der Waals surface area contributed by atoms with Gasteiger partial charge >= 0.3 is 0 Å². The normalized spacial score (nSPS) is 19.2. The summed E-state index contributed by atoms with van der Waals surface area (Å²) in [6.45, 7) is 3.92. The van der Waals surface area contributed by atoms with E-state index in [1.807, 2.05) is 12.1 Å². The number of ether oxygens (including phenoxy) is 3. The molecule has 0 aliphatic carbocycles. The zero-order chi connectivity index (χ0) is 18.7. The average Bonchev–Trinajstić information content (AvgIpc) is 2.67. The summed E-state index contributed by atoms with van der Waals surface area (Å²) in [5.41, 5.74) is 10.2. The van der Waals surface area contributed by atoms with Gasteiger partial charge in [-0.25, -0.2) is 0 Å². The molecule has 0 unspecified atom stereocenters. The molecule has 0 aromatic heterocycles. The Bertz CT molecular complexity index is 744. The molecule has 0 radical (unpaired) electrons. The first-order chi connectivity index (χ1) is 12.6. The lowest BCUT2D eigenvalue weighted by molar-refractivity contribution is 0.324. The molecule has 1 heterocycles. The molecule has 0 saturated carbocycles. The number of halogens is 1. The third-order valence-corrected chi connectivity index (χ3v) is 5.27. The maximum atomic E-state index is 6.48. The van der Waals surface area contributed by atoms with Crippen molar-refractivity contribution < 1.29 is 14.2 Å². The molecule has 148 valence electrons. The lowest BCUT2D eigenvalue weighted by Crippen LogP contribution is -2.46. The molecule has 0 bridgehead atoms. The van der Waals surface area contributed by atoms with Crippen LogP contribution in [0.25, 0.3) is 0 Å². The molecule has 2 aromatic rings. The van der Waals surface area contributed by atoms with Crippen LogP contribution in [-0.2, 0) is 0 Å². The van der Waals surface area contributed by atoms with Crippen molar-refractivity contribution in [3.8, 4) is 17.2 Å². The Morgan fingerprint density at radius 1 is 1.00 bits per heavy atom. The average molecular weight is 393 g/mol. The van der Waals surface area contributed by atoms with Crippen LogP contribution in [0.15, 0.2) is 36.4 Å². The standard InChI is InChI=1S/C21H28N2O3.ClH/c1-14-7-5-6-8-16(14)17-13-23(10-9-18(17)22)15-11-19(24-2)21(26-4)20(12-15)25-3;/h5-8,11-12,17-18H,9-10,13,22H2,1-4H3;1H/t17-,18-;/m0./s1. The number of hydrogen-bond donors (Lipinski definition) is 1. The molecule has 0 spiro atoms. The van der Waals surface area contributed by atoms with Gasteiger partial charge in [0.15, 0.2) is 11.5 Å². The van der Waals surface area contributed by atoms with Gasteiger partial charge in [0.25, 0.3) is 0 Å². The van der Waals surface area contributed by atoms with Gasteiger partial charge < -0.3 is 24.8 Å². The summed E-state index contributed by atoms with van der Waals surface area (Å²) in [4.78, 5) is 2.35. The Morgan fingerprint density at radius 2 is 1.63 bits per heavy atom. The van der Waals surface area contributed by atoms with Gasteiger partial charge in [-0.3, -0.25) is 0 Å². The largest absolute Gasteiger partial charge is 0.493 e. The Morgan fingerprint density at radius 3 is 2.19 bits per heavy atom. The third kappa shape index (κ3) is 4.25. The van der Waals surface area contributed by atoms with Crippen LogP contribution in [0.2, 0.25) is 0 Å². The van der Waals surface area contributed by atoms with Crippen molar-refractivity contribution in [1.82, 2.24) is 0 Å². The Labute approximate surface area is 167 Å². The van der Waals surface area contributed by atoms with Crippen molar-refractivity contribution in [2.75, 3.05) is 39.3 Å². The van der Waals surface area contributed by atoms with E-state index in [1.165, 1.54) is 11.1 Å². The second kappa shape index (κ2) is 9.20. The second-order valence-corrected chi connectivity index (χ2v) is 6.75. The van der Waals surface area contributed by atoms with Crippen LogP contribution in [0.1, 0.15) is 23.5 Å². The number of rotatable bonds is 5. The summed E-state index contributed by atoms with van der Waals surface area (Å²) >= 11 is 0. The Kier molecular flexibility index (Phi) is 7.22. The first-order valence-corrected chi connectivity index (χ1v) is 8.95. The highest BCUT2D eigenvalue weighted by Gasteiger charge is 2.30. The van der Waals surface area contributed by atoms with Gasteiger partial charge in [0, 0.05) is 42.9 Å². The van der Waals surface area contributed by atoms with E-state index in [9.17, 15) is 0 Å². The Balaban J connectivity index is 0.00000261. The fourth-order valence-corrected chi connectivity index (χ4v) is 3.79. The minimum absolute atomic E-state index is 0. The van der Waals surface area contributed by atoms with E-state index in [4.69, 9.17) is 19.9 Å². The molecule has 2 N–H and O–H groups in total. The highest BCUT2D eigenvalue weighted by molar-refractivity contribution is 5.85. The van der Waals surface area contributed by atoms with Crippen LogP contribution in [0, 0.1) is 6.92 Å². The summed E-state index contributed by atoms with van der Waals surface area (Å²) in [6, 6.07) is 12.7. The molecule has 1 aliphatic heterocycles. The summed E-state index contributed by atoms with van der Waals surface area (Å²) in [7, 11) is 4.90. The van der Waals surface area contributed by atoms with E-state index < -0.39 is 0 Å². The van der Waals surface area contributed by atoms with Gasteiger partial charge in [0.05, 0.1) is 21.3 Å². The smallest absolute Gasteiger partial charge is 0.203 e. The number of benzene rings is 2. The maximum absolute atomic E-state index is 6.48. The molecule has 1 saturated heterocycles. The molecule has 5 nitrogen and oxygen atoms in total. The zero-order valence-corrected chi connectivity index (χ0v) is 17.2. The number of methoxy groups -OCH3 is 3. The number of nitrogens with zero attached hydrogens (tertiary/aromatic N) is 1. The molecule has 1 aliphatic rings. The van der Waals surface area contributed by atoms with Crippen molar-refractivity contribution in [2.24, 2.45) is 5.73 Å². The van der Waals surface area contributed by atoms with Crippen LogP contribution >= 0.6 is 12.4 Å². The van der Waals surface area contributed by atoms with E-state index in [1.54, 1.807) is 21.3 Å². The van der Waals surface area contributed by atoms with E-state index in [0.29, 0.717) is 23.2 Å². The van der Waals surface area contributed by atoms with E-state index in [2.05, 4.69) is 36.1 Å². The molecule has 3 rings (SSSR count). The minimum atomic E-state index is 0. The lowest BCUT2D eigenvalue weighted by Gasteiger charge is -2.39. The number of anilines is 1. The van der Waals surface area contributed by atoms with Gasteiger partial charge in [-0.1, -0.05) is 24.3 Å². The molecule has 1 fully saturated rings. The molecule has 0 amide bonds. The maximum Gasteiger partial charge on any atom is 0.203 e. The zero-order valence-electron chi connectivity index (χ0n) is 16.4. The first-order valence-electron chi connectivity index (χ1n) is 8.95. The highest BCUT2D eigenvalue weighted by Crippen LogP contribution is 2.42. The van der Waals surface area contributed by atoms with Crippen molar-refractivity contribution in [3.05, 3.63) is 47.5 Å². The summed E-state index contributed by atoms with van der Waals surface area (Å²) in [6.07, 6.45) is 0.940. The topological polar surface area (TPSA) is 57.0 Å². The molecule has 2 atom stereocenters. The summed E-state index contributed by atoms with van der Waals surface area (Å²) in [5, 5.41) is 0. The van der Waals surface area contributed by atoms with E-state index in [0.717, 1.165) is 25.2 Å². The predicted molar refractivity (Wildman–Crippen MR) is 112 cm³/mol. The summed E-state index contributed by atoms with van der Waals surface area (Å²) < 4.78 is 16.4. The van der Waals surface area contributed by atoms with Crippen LogP contribution in [0.4, 0.5) is 5.69 Å². The number of piperidine rings is 1. The van der Waals surface area contributed by atoms with E-state index >= 15 is 0 Å². The van der Waals surface area contributed by atoms with Crippen molar-refractivity contribution in [3.63, 3.8) is 0 Å². The van der Waals surface area contributed by atoms with Crippen molar-refractivity contribution in [2.45, 2.75) is 25.3 Å². The van der Waals surface area contributed by atoms with Gasteiger partial charge in [0.2, 0.25) is 5.75 Å². The fourth-order valence-electron chi connectivity index (χ4n) is 3.79. The monoisotopic (exact) mass is 392 g/mol. The van der Waals surface area contributed by atoms with Crippen LogP contribution in [0.3, 0.4) is 0 Å². The number of aryl methyl sites for hydroxylation is 1. The Hall–Kier alpha value is -2.11. The third-order valence-electron chi connectivity index (χ3n) is 5.27. The second-order valence-electron chi connectivity index (χ2n) is 6.75. The molecular formula is C21H29ClN2O3. The van der Waals surface area contributed by atoms with Crippen molar-refractivity contribution >= 4 is 18.1 Å². The molecule has 27 heavy (non-hydrogen) atoms. The lowest BCUT2D eigenvalue weighted by atomic mass is 9.84. The first kappa shape index (κ1) is 21.2. The van der Waals surface area contributed by atoms with Crippen LogP contribution < -0.4 is 24.8 Å². The van der Waals surface area contributed by atoms with Gasteiger partial charge in [-0.2, -0.15) is 0 Å².